The SMILES string of the molecule is NC(=S)c1ccc(OCc2ccccc2)c(F)c1. The Morgan fingerprint density at radius 2 is 1.89 bits per heavy atom. The van der Waals surface area contributed by atoms with Gasteiger partial charge >= 0.3 is 0 Å². The molecule has 2 N–H and O–H groups in total. The number of rotatable bonds is 4. The minimum Gasteiger partial charge on any atom is -0.486 e. The number of benzene rings is 2. The first-order chi connectivity index (χ1) is 8.66. The Balaban J connectivity index is 2.08. The van der Waals surface area contributed by atoms with E-state index in [-0.39, 0.29) is 10.7 Å². The highest BCUT2D eigenvalue weighted by Gasteiger charge is 2.06. The molecule has 0 unspecified atom stereocenters. The van der Waals surface area contributed by atoms with Crippen LogP contribution >= 0.6 is 12.2 Å². The Kier molecular flexibility index (Phi) is 3.89. The lowest BCUT2D eigenvalue weighted by atomic mass is 10.2. The fourth-order valence-corrected chi connectivity index (χ4v) is 1.63. The molecule has 0 radical (unpaired) electrons. The van der Waals surface area contributed by atoms with E-state index in [1.807, 2.05) is 30.3 Å². The Morgan fingerprint density at radius 1 is 1.17 bits per heavy atom. The molecule has 0 amide bonds. The summed E-state index contributed by atoms with van der Waals surface area (Å²) in [5.74, 6) is -0.268. The number of ether oxygens (including phenoxy) is 1. The van der Waals surface area contributed by atoms with E-state index < -0.39 is 5.82 Å². The molecule has 4 heteroatoms. The maximum atomic E-state index is 13.7. The van der Waals surface area contributed by atoms with Crippen molar-refractivity contribution in [3.8, 4) is 5.75 Å². The fraction of sp³-hybridized carbons (Fsp3) is 0.0714. The van der Waals surface area contributed by atoms with Crippen molar-refractivity contribution >= 4 is 17.2 Å². The average molecular weight is 261 g/mol. The first kappa shape index (κ1) is 12.5. The summed E-state index contributed by atoms with van der Waals surface area (Å²) in [5, 5.41) is 0. The molecule has 2 rings (SSSR count). The zero-order chi connectivity index (χ0) is 13.0. The molecular weight excluding hydrogens is 249 g/mol. The van der Waals surface area contributed by atoms with Gasteiger partial charge in [-0.25, -0.2) is 4.39 Å². The van der Waals surface area contributed by atoms with Crippen molar-refractivity contribution in [2.45, 2.75) is 6.61 Å². The van der Waals surface area contributed by atoms with Gasteiger partial charge < -0.3 is 10.5 Å². The topological polar surface area (TPSA) is 35.2 Å². The van der Waals surface area contributed by atoms with Crippen molar-refractivity contribution in [2.75, 3.05) is 0 Å². The second-order valence-electron chi connectivity index (χ2n) is 3.78. The number of thiocarbonyl (C=S) groups is 1. The maximum Gasteiger partial charge on any atom is 0.165 e. The summed E-state index contributed by atoms with van der Waals surface area (Å²) in [6.07, 6.45) is 0. The number of hydrogen-bond donors (Lipinski definition) is 1. The van der Waals surface area contributed by atoms with E-state index in [0.717, 1.165) is 5.56 Å². The molecule has 92 valence electrons. The summed E-state index contributed by atoms with van der Waals surface area (Å²) in [5.41, 5.74) is 6.90. The van der Waals surface area contributed by atoms with Gasteiger partial charge in [0.05, 0.1) is 0 Å². The van der Waals surface area contributed by atoms with Gasteiger partial charge in [-0.15, -0.1) is 0 Å². The summed E-state index contributed by atoms with van der Waals surface area (Å²) >= 11 is 4.78. The molecule has 0 bridgehead atoms. The smallest absolute Gasteiger partial charge is 0.165 e. The van der Waals surface area contributed by atoms with Crippen LogP contribution in [-0.2, 0) is 6.61 Å². The summed E-state index contributed by atoms with van der Waals surface area (Å²) in [7, 11) is 0. The number of hydrogen-bond acceptors (Lipinski definition) is 2. The molecule has 0 atom stereocenters. The number of halogens is 1. The molecule has 0 aliphatic carbocycles. The standard InChI is InChI=1S/C14H12FNOS/c15-12-8-11(14(16)18)6-7-13(12)17-9-10-4-2-1-3-5-10/h1-8H,9H2,(H2,16,18). The molecule has 2 aromatic rings. The lowest BCUT2D eigenvalue weighted by Gasteiger charge is -2.08. The van der Waals surface area contributed by atoms with Gasteiger partial charge in [0.25, 0.3) is 0 Å². The third-order valence-electron chi connectivity index (χ3n) is 2.45. The summed E-state index contributed by atoms with van der Waals surface area (Å²) in [6, 6.07) is 14.0. The molecule has 0 aliphatic heterocycles. The van der Waals surface area contributed by atoms with Gasteiger partial charge in [0.15, 0.2) is 11.6 Å². The van der Waals surface area contributed by atoms with Gasteiger partial charge in [0.1, 0.15) is 11.6 Å². The minimum atomic E-state index is -0.462. The van der Waals surface area contributed by atoms with Gasteiger partial charge in [0, 0.05) is 5.56 Å². The monoisotopic (exact) mass is 261 g/mol. The number of nitrogens with two attached hydrogens (primary N) is 1. The second kappa shape index (κ2) is 5.60. The molecule has 0 saturated carbocycles. The Morgan fingerprint density at radius 3 is 2.50 bits per heavy atom. The van der Waals surface area contributed by atoms with Gasteiger partial charge in [-0.2, -0.15) is 0 Å². The second-order valence-corrected chi connectivity index (χ2v) is 4.22. The lowest BCUT2D eigenvalue weighted by Crippen LogP contribution is -2.09. The average Bonchev–Trinajstić information content (AvgIpc) is 2.38. The fourth-order valence-electron chi connectivity index (χ4n) is 1.51. The molecule has 0 fully saturated rings. The maximum absolute atomic E-state index is 13.7. The molecule has 0 saturated heterocycles. The Bertz CT molecular complexity index is 557. The summed E-state index contributed by atoms with van der Waals surface area (Å²) in [4.78, 5) is 0.170. The lowest BCUT2D eigenvalue weighted by molar-refractivity contribution is 0.290. The largest absolute Gasteiger partial charge is 0.486 e. The molecule has 0 spiro atoms. The molecular formula is C14H12FNOS. The van der Waals surface area contributed by atoms with E-state index >= 15 is 0 Å². The molecule has 18 heavy (non-hydrogen) atoms. The van der Waals surface area contributed by atoms with E-state index in [0.29, 0.717) is 12.2 Å². The Labute approximate surface area is 110 Å². The molecule has 0 heterocycles. The van der Waals surface area contributed by atoms with Crippen LogP contribution in [0.4, 0.5) is 4.39 Å². The van der Waals surface area contributed by atoms with Crippen LogP contribution in [0.5, 0.6) is 5.75 Å². The first-order valence-electron chi connectivity index (χ1n) is 5.43. The Hall–Kier alpha value is -1.94. The van der Waals surface area contributed by atoms with Crippen molar-refractivity contribution < 1.29 is 9.13 Å². The van der Waals surface area contributed by atoms with E-state index in [1.54, 1.807) is 6.07 Å². The van der Waals surface area contributed by atoms with E-state index in [1.165, 1.54) is 12.1 Å². The molecule has 2 nitrogen and oxygen atoms in total. The van der Waals surface area contributed by atoms with Crippen LogP contribution in [0, 0.1) is 5.82 Å². The van der Waals surface area contributed by atoms with Crippen LogP contribution in [-0.4, -0.2) is 4.99 Å². The normalized spacial score (nSPS) is 10.1. The minimum absolute atomic E-state index is 0.170. The quantitative estimate of drug-likeness (QED) is 0.859. The van der Waals surface area contributed by atoms with E-state index in [2.05, 4.69) is 0 Å². The van der Waals surface area contributed by atoms with Gasteiger partial charge in [-0.1, -0.05) is 42.5 Å². The molecule has 0 aromatic heterocycles. The summed E-state index contributed by atoms with van der Waals surface area (Å²) < 4.78 is 19.1. The van der Waals surface area contributed by atoms with Crippen molar-refractivity contribution in [1.29, 1.82) is 0 Å². The van der Waals surface area contributed by atoms with Crippen molar-refractivity contribution in [3.05, 3.63) is 65.5 Å². The highest BCUT2D eigenvalue weighted by Crippen LogP contribution is 2.19. The van der Waals surface area contributed by atoms with E-state index in [9.17, 15) is 4.39 Å². The zero-order valence-corrected chi connectivity index (χ0v) is 10.4. The van der Waals surface area contributed by atoms with Crippen LogP contribution in [0.15, 0.2) is 48.5 Å². The van der Waals surface area contributed by atoms with Crippen molar-refractivity contribution in [2.24, 2.45) is 5.73 Å². The van der Waals surface area contributed by atoms with Gasteiger partial charge in [-0.05, 0) is 23.8 Å². The predicted molar refractivity (Wildman–Crippen MR) is 73.1 cm³/mol. The van der Waals surface area contributed by atoms with Crippen LogP contribution in [0.1, 0.15) is 11.1 Å². The summed E-state index contributed by atoms with van der Waals surface area (Å²) in [6.45, 7) is 0.324. The highest BCUT2D eigenvalue weighted by atomic mass is 32.1. The predicted octanol–water partition coefficient (Wildman–Crippen LogP) is 3.04. The first-order valence-corrected chi connectivity index (χ1v) is 5.84. The van der Waals surface area contributed by atoms with Crippen molar-refractivity contribution in [3.63, 3.8) is 0 Å². The van der Waals surface area contributed by atoms with Crippen LogP contribution in [0.2, 0.25) is 0 Å². The van der Waals surface area contributed by atoms with Crippen LogP contribution < -0.4 is 10.5 Å². The van der Waals surface area contributed by atoms with Crippen molar-refractivity contribution in [1.82, 2.24) is 0 Å². The van der Waals surface area contributed by atoms with Crippen LogP contribution in [0.25, 0.3) is 0 Å². The van der Waals surface area contributed by atoms with Gasteiger partial charge in [-0.3, -0.25) is 0 Å². The highest BCUT2D eigenvalue weighted by molar-refractivity contribution is 7.80. The van der Waals surface area contributed by atoms with Gasteiger partial charge in [0.2, 0.25) is 0 Å². The zero-order valence-electron chi connectivity index (χ0n) is 9.60. The van der Waals surface area contributed by atoms with E-state index in [4.69, 9.17) is 22.7 Å². The third kappa shape index (κ3) is 3.05. The van der Waals surface area contributed by atoms with Crippen LogP contribution in [0.3, 0.4) is 0 Å². The molecule has 0 aliphatic rings. The third-order valence-corrected chi connectivity index (χ3v) is 2.69. The molecule has 2 aromatic carbocycles.